The second-order valence-corrected chi connectivity index (χ2v) is 7.95. The summed E-state index contributed by atoms with van der Waals surface area (Å²) in [5, 5.41) is 10.7. The summed E-state index contributed by atoms with van der Waals surface area (Å²) in [5.41, 5.74) is 1.06. The Labute approximate surface area is 158 Å². The van der Waals surface area contributed by atoms with E-state index < -0.39 is 0 Å². The van der Waals surface area contributed by atoms with Crippen molar-refractivity contribution in [1.29, 1.82) is 0 Å². The molecular formula is C17H16ClN3O2S2. The Balaban J connectivity index is 1.42. The largest absolute Gasteiger partial charge is 0.489 e. The molecule has 0 saturated heterocycles. The fourth-order valence-corrected chi connectivity index (χ4v) is 4.26. The second kappa shape index (κ2) is 7.68. The Bertz CT molecular complexity index is 852. The van der Waals surface area contributed by atoms with Crippen molar-refractivity contribution >= 4 is 34.7 Å². The van der Waals surface area contributed by atoms with Gasteiger partial charge in [0.1, 0.15) is 5.82 Å². The molecule has 0 fully saturated rings. The maximum absolute atomic E-state index is 6.33. The van der Waals surface area contributed by atoms with Crippen molar-refractivity contribution in [2.45, 2.75) is 23.8 Å². The number of fused-ring (bicyclic) bond motifs is 1. The highest BCUT2D eigenvalue weighted by Gasteiger charge is 2.16. The van der Waals surface area contributed by atoms with Crippen LogP contribution in [0.2, 0.25) is 5.02 Å². The van der Waals surface area contributed by atoms with Crippen molar-refractivity contribution in [1.82, 2.24) is 15.2 Å². The third-order valence-corrected chi connectivity index (χ3v) is 5.74. The van der Waals surface area contributed by atoms with E-state index in [1.165, 1.54) is 4.88 Å². The van der Waals surface area contributed by atoms with Crippen LogP contribution in [-0.2, 0) is 12.2 Å². The molecule has 5 nitrogen and oxygen atoms in total. The monoisotopic (exact) mass is 393 g/mol. The summed E-state index contributed by atoms with van der Waals surface area (Å²) in [6, 6.07) is 8.04. The van der Waals surface area contributed by atoms with Crippen LogP contribution in [0.15, 0.2) is 34.8 Å². The SMILES string of the molecule is Clc1cc(CSc2n[nH]c(Cc3cccs3)n2)cc2c1OCCCO2. The van der Waals surface area contributed by atoms with Gasteiger partial charge in [0.2, 0.25) is 5.16 Å². The average Bonchev–Trinajstić information content (AvgIpc) is 3.21. The zero-order chi connectivity index (χ0) is 17.1. The van der Waals surface area contributed by atoms with Crippen LogP contribution in [0.3, 0.4) is 0 Å². The van der Waals surface area contributed by atoms with Gasteiger partial charge in [-0.25, -0.2) is 4.98 Å². The normalized spacial score (nSPS) is 13.6. The first-order valence-corrected chi connectivity index (χ1v) is 10.2. The Hall–Kier alpha value is -1.70. The standard InChI is InChI=1S/C17H16ClN3O2S2/c18-13-7-11(8-14-16(13)23-5-2-4-22-14)10-25-17-19-15(20-21-17)9-12-3-1-6-24-12/h1,3,6-8H,2,4-5,9-10H2,(H,19,20,21). The molecule has 0 saturated carbocycles. The lowest BCUT2D eigenvalue weighted by atomic mass is 10.2. The van der Waals surface area contributed by atoms with Gasteiger partial charge in [-0.05, 0) is 29.1 Å². The Morgan fingerprint density at radius 1 is 1.28 bits per heavy atom. The van der Waals surface area contributed by atoms with Gasteiger partial charge >= 0.3 is 0 Å². The van der Waals surface area contributed by atoms with Gasteiger partial charge in [-0.1, -0.05) is 29.4 Å². The predicted octanol–water partition coefficient (Wildman–Crippen LogP) is 4.56. The topological polar surface area (TPSA) is 60.0 Å². The Morgan fingerprint density at radius 3 is 3.08 bits per heavy atom. The van der Waals surface area contributed by atoms with E-state index in [0.717, 1.165) is 29.4 Å². The fraction of sp³-hybridized carbons (Fsp3) is 0.294. The number of aromatic nitrogens is 3. The molecule has 2 aromatic heterocycles. The summed E-state index contributed by atoms with van der Waals surface area (Å²) in [7, 11) is 0. The van der Waals surface area contributed by atoms with Crippen molar-refractivity contribution in [3.05, 3.63) is 50.9 Å². The van der Waals surface area contributed by atoms with E-state index in [0.29, 0.717) is 35.5 Å². The van der Waals surface area contributed by atoms with Crippen molar-refractivity contribution in [2.75, 3.05) is 13.2 Å². The number of nitrogens with zero attached hydrogens (tertiary/aromatic N) is 2. The molecule has 1 aromatic carbocycles. The molecule has 0 spiro atoms. The van der Waals surface area contributed by atoms with Crippen LogP contribution >= 0.6 is 34.7 Å². The minimum atomic E-state index is 0.586. The van der Waals surface area contributed by atoms with Gasteiger partial charge in [-0.3, -0.25) is 5.10 Å². The molecular weight excluding hydrogens is 378 g/mol. The molecule has 3 heterocycles. The molecule has 3 aromatic rings. The van der Waals surface area contributed by atoms with Gasteiger partial charge in [0.15, 0.2) is 11.5 Å². The van der Waals surface area contributed by atoms with Crippen molar-refractivity contribution in [3.63, 3.8) is 0 Å². The van der Waals surface area contributed by atoms with E-state index >= 15 is 0 Å². The maximum Gasteiger partial charge on any atom is 0.208 e. The van der Waals surface area contributed by atoms with Crippen LogP contribution in [0.1, 0.15) is 22.7 Å². The van der Waals surface area contributed by atoms with Crippen molar-refractivity contribution < 1.29 is 9.47 Å². The number of hydrogen-bond donors (Lipinski definition) is 1. The molecule has 4 rings (SSSR count). The number of halogens is 1. The zero-order valence-corrected chi connectivity index (χ0v) is 15.7. The highest BCUT2D eigenvalue weighted by atomic mass is 35.5. The van der Waals surface area contributed by atoms with Gasteiger partial charge in [0.25, 0.3) is 0 Å². The minimum absolute atomic E-state index is 0.586. The van der Waals surface area contributed by atoms with E-state index in [1.807, 2.05) is 18.2 Å². The third-order valence-electron chi connectivity index (χ3n) is 3.66. The first kappa shape index (κ1) is 16.8. The third kappa shape index (κ3) is 4.11. The quantitative estimate of drug-likeness (QED) is 0.643. The number of rotatable bonds is 5. The van der Waals surface area contributed by atoms with Crippen LogP contribution in [-0.4, -0.2) is 28.4 Å². The fourth-order valence-electron chi connectivity index (χ4n) is 2.52. The van der Waals surface area contributed by atoms with Crippen LogP contribution in [0.25, 0.3) is 0 Å². The number of thioether (sulfide) groups is 1. The Kier molecular flexibility index (Phi) is 5.14. The smallest absolute Gasteiger partial charge is 0.208 e. The molecule has 0 radical (unpaired) electrons. The van der Waals surface area contributed by atoms with Gasteiger partial charge in [0.05, 0.1) is 18.2 Å². The van der Waals surface area contributed by atoms with E-state index in [1.54, 1.807) is 23.1 Å². The average molecular weight is 394 g/mol. The number of H-pyrrole nitrogens is 1. The lowest BCUT2D eigenvalue weighted by Gasteiger charge is -2.11. The summed E-state index contributed by atoms with van der Waals surface area (Å²) in [4.78, 5) is 5.81. The molecule has 0 aliphatic carbocycles. The highest BCUT2D eigenvalue weighted by Crippen LogP contribution is 2.39. The predicted molar refractivity (Wildman–Crippen MR) is 100 cm³/mol. The van der Waals surface area contributed by atoms with Gasteiger partial charge in [-0.2, -0.15) is 0 Å². The molecule has 0 unspecified atom stereocenters. The number of nitrogens with one attached hydrogen (secondary N) is 1. The first-order valence-electron chi connectivity index (χ1n) is 7.92. The molecule has 8 heteroatoms. The van der Waals surface area contributed by atoms with Gasteiger partial charge < -0.3 is 9.47 Å². The highest BCUT2D eigenvalue weighted by molar-refractivity contribution is 7.98. The molecule has 0 atom stereocenters. The zero-order valence-electron chi connectivity index (χ0n) is 13.3. The van der Waals surface area contributed by atoms with Gasteiger partial charge in [0, 0.05) is 23.5 Å². The molecule has 1 N–H and O–H groups in total. The summed E-state index contributed by atoms with van der Waals surface area (Å²) in [5.74, 6) is 2.95. The summed E-state index contributed by atoms with van der Waals surface area (Å²) in [6.45, 7) is 1.28. The molecule has 1 aliphatic rings. The van der Waals surface area contributed by atoms with Crippen LogP contribution in [0.4, 0.5) is 0 Å². The number of hydrogen-bond acceptors (Lipinski definition) is 6. The number of thiophene rings is 1. The van der Waals surface area contributed by atoms with E-state index in [9.17, 15) is 0 Å². The lowest BCUT2D eigenvalue weighted by Crippen LogP contribution is -1.97. The number of benzene rings is 1. The molecule has 1 aliphatic heterocycles. The number of aromatic amines is 1. The molecule has 130 valence electrons. The van der Waals surface area contributed by atoms with E-state index in [-0.39, 0.29) is 0 Å². The van der Waals surface area contributed by atoms with Crippen LogP contribution in [0.5, 0.6) is 11.5 Å². The molecule has 0 bridgehead atoms. The van der Waals surface area contributed by atoms with Gasteiger partial charge in [-0.15, -0.1) is 16.4 Å². The minimum Gasteiger partial charge on any atom is -0.489 e. The summed E-state index contributed by atoms with van der Waals surface area (Å²) < 4.78 is 11.4. The Morgan fingerprint density at radius 2 is 2.20 bits per heavy atom. The van der Waals surface area contributed by atoms with Crippen molar-refractivity contribution in [2.24, 2.45) is 0 Å². The van der Waals surface area contributed by atoms with E-state index in [4.69, 9.17) is 21.1 Å². The van der Waals surface area contributed by atoms with Crippen LogP contribution < -0.4 is 9.47 Å². The van der Waals surface area contributed by atoms with Crippen LogP contribution in [0, 0.1) is 0 Å². The second-order valence-electron chi connectivity index (χ2n) is 5.56. The molecule has 25 heavy (non-hydrogen) atoms. The molecule has 0 amide bonds. The van der Waals surface area contributed by atoms with E-state index in [2.05, 4.69) is 26.6 Å². The summed E-state index contributed by atoms with van der Waals surface area (Å²) in [6.07, 6.45) is 1.64. The van der Waals surface area contributed by atoms with Crippen molar-refractivity contribution in [3.8, 4) is 11.5 Å². The number of ether oxygens (including phenoxy) is 2. The first-order chi connectivity index (χ1) is 12.3. The lowest BCUT2D eigenvalue weighted by molar-refractivity contribution is 0.297. The summed E-state index contributed by atoms with van der Waals surface area (Å²) >= 11 is 9.62. The maximum atomic E-state index is 6.33.